The average Bonchev–Trinajstić information content (AvgIpc) is 2.57. The van der Waals surface area contributed by atoms with Crippen LogP contribution < -0.4 is 14.8 Å². The Morgan fingerprint density at radius 1 is 0.958 bits per heavy atom. The first kappa shape index (κ1) is 25.1. The normalized spacial score (nSPS) is 8.88. The third-order valence-corrected chi connectivity index (χ3v) is 3.15. The number of benzene rings is 2. The first-order valence-electron chi connectivity index (χ1n) is 7.73. The fourth-order valence-electron chi connectivity index (χ4n) is 2.00. The van der Waals surface area contributed by atoms with Crippen LogP contribution in [0.4, 0.5) is 0 Å². The standard InChI is InChI=1S/C17H21NO2.C2H6.2H3P/c1-13-4-6-14(7-5-13)12-20-16-9-8-15(11-18-2)17(10-16)19-3;1-2;;/h4-10,18H,11-12H2,1-3H3;1-2H3;2*1H3. The summed E-state index contributed by atoms with van der Waals surface area (Å²) in [5, 5.41) is 3.12. The maximum atomic E-state index is 5.81. The highest BCUT2D eigenvalue weighted by molar-refractivity contribution is 6.92. The van der Waals surface area contributed by atoms with Gasteiger partial charge in [0, 0.05) is 18.2 Å². The van der Waals surface area contributed by atoms with Crippen LogP contribution in [0.15, 0.2) is 42.5 Å². The van der Waals surface area contributed by atoms with E-state index in [4.69, 9.17) is 9.47 Å². The molecule has 0 amide bonds. The molecule has 2 aromatic rings. The zero-order valence-corrected chi connectivity index (χ0v) is 18.5. The zero-order chi connectivity index (χ0) is 16.4. The Kier molecular flexibility index (Phi) is 14.9. The van der Waals surface area contributed by atoms with E-state index >= 15 is 0 Å². The number of nitrogens with one attached hydrogen (secondary N) is 1. The van der Waals surface area contributed by atoms with Gasteiger partial charge in [-0.15, -0.1) is 0 Å². The predicted molar refractivity (Wildman–Crippen MR) is 115 cm³/mol. The van der Waals surface area contributed by atoms with Crippen molar-refractivity contribution in [2.45, 2.75) is 33.9 Å². The van der Waals surface area contributed by atoms with Crippen LogP contribution >= 0.6 is 19.8 Å². The Bertz CT molecular complexity index is 560. The van der Waals surface area contributed by atoms with Gasteiger partial charge < -0.3 is 14.8 Å². The third-order valence-electron chi connectivity index (χ3n) is 3.15. The average molecular weight is 369 g/mol. The summed E-state index contributed by atoms with van der Waals surface area (Å²) in [5.74, 6) is 1.67. The molecule has 2 rings (SSSR count). The number of aryl methyl sites for hydroxylation is 1. The van der Waals surface area contributed by atoms with E-state index in [1.54, 1.807) is 7.11 Å². The van der Waals surface area contributed by atoms with Crippen molar-refractivity contribution in [3.8, 4) is 11.5 Å². The second-order valence-corrected chi connectivity index (χ2v) is 4.78. The first-order valence-corrected chi connectivity index (χ1v) is 7.73. The number of rotatable bonds is 6. The van der Waals surface area contributed by atoms with E-state index in [0.29, 0.717) is 6.61 Å². The lowest BCUT2D eigenvalue weighted by atomic mass is 10.1. The Labute approximate surface area is 153 Å². The molecule has 3 nitrogen and oxygen atoms in total. The van der Waals surface area contributed by atoms with Crippen molar-refractivity contribution in [1.29, 1.82) is 0 Å². The molecule has 0 aliphatic carbocycles. The van der Waals surface area contributed by atoms with Crippen LogP contribution in [0.1, 0.15) is 30.5 Å². The Balaban J connectivity index is 0. The quantitative estimate of drug-likeness (QED) is 0.764. The summed E-state index contributed by atoms with van der Waals surface area (Å²) >= 11 is 0. The van der Waals surface area contributed by atoms with Crippen LogP contribution in [-0.4, -0.2) is 14.2 Å². The lowest BCUT2D eigenvalue weighted by molar-refractivity contribution is 0.303. The first-order chi connectivity index (χ1) is 10.7. The fraction of sp³-hybridized carbons (Fsp3) is 0.368. The van der Waals surface area contributed by atoms with E-state index in [1.807, 2.05) is 39.1 Å². The molecule has 0 aliphatic heterocycles. The molecule has 2 aromatic carbocycles. The van der Waals surface area contributed by atoms with Gasteiger partial charge in [-0.25, -0.2) is 0 Å². The van der Waals surface area contributed by atoms with Gasteiger partial charge in [-0.2, -0.15) is 19.8 Å². The summed E-state index contributed by atoms with van der Waals surface area (Å²) in [6.07, 6.45) is 0. The smallest absolute Gasteiger partial charge is 0.127 e. The summed E-state index contributed by atoms with van der Waals surface area (Å²) in [7, 11) is 3.60. The molecule has 0 radical (unpaired) electrons. The van der Waals surface area contributed by atoms with Crippen LogP contribution in [-0.2, 0) is 13.2 Å². The van der Waals surface area contributed by atoms with E-state index in [9.17, 15) is 0 Å². The van der Waals surface area contributed by atoms with Gasteiger partial charge in [0.1, 0.15) is 18.1 Å². The minimum atomic E-state index is 0. The maximum absolute atomic E-state index is 5.81. The summed E-state index contributed by atoms with van der Waals surface area (Å²) in [6.45, 7) is 7.42. The molecule has 0 heterocycles. The van der Waals surface area contributed by atoms with E-state index in [2.05, 4.69) is 36.5 Å². The summed E-state index contributed by atoms with van der Waals surface area (Å²) in [6, 6.07) is 14.3. The molecule has 0 saturated carbocycles. The molecular weight excluding hydrogens is 336 g/mol. The molecule has 0 fully saturated rings. The van der Waals surface area contributed by atoms with E-state index < -0.39 is 0 Å². The summed E-state index contributed by atoms with van der Waals surface area (Å²) in [5.41, 5.74) is 3.54. The molecule has 1 N–H and O–H groups in total. The van der Waals surface area contributed by atoms with E-state index in [0.717, 1.165) is 29.2 Å². The van der Waals surface area contributed by atoms with Crippen molar-refractivity contribution < 1.29 is 9.47 Å². The van der Waals surface area contributed by atoms with E-state index in [-0.39, 0.29) is 19.8 Å². The predicted octanol–water partition coefficient (Wildman–Crippen LogP) is 4.44. The number of hydrogen-bond donors (Lipinski definition) is 1. The second kappa shape index (κ2) is 14.2. The molecule has 0 saturated heterocycles. The molecule has 5 heteroatoms. The van der Waals surface area contributed by atoms with Crippen molar-refractivity contribution in [1.82, 2.24) is 5.32 Å². The zero-order valence-electron chi connectivity index (χ0n) is 15.7. The minimum Gasteiger partial charge on any atom is -0.496 e. The van der Waals surface area contributed by atoms with Crippen LogP contribution in [0, 0.1) is 6.92 Å². The van der Waals surface area contributed by atoms with Crippen LogP contribution in [0.5, 0.6) is 11.5 Å². The second-order valence-electron chi connectivity index (χ2n) is 4.78. The molecule has 136 valence electrons. The molecule has 0 aromatic heterocycles. The lowest BCUT2D eigenvalue weighted by Crippen LogP contribution is -2.06. The topological polar surface area (TPSA) is 30.5 Å². The molecule has 2 unspecified atom stereocenters. The SMILES string of the molecule is CC.CNCc1ccc(OCc2ccc(C)cc2)cc1OC.P.P. The van der Waals surface area contributed by atoms with Crippen LogP contribution in [0.2, 0.25) is 0 Å². The Morgan fingerprint density at radius 2 is 1.58 bits per heavy atom. The van der Waals surface area contributed by atoms with Crippen molar-refractivity contribution in [2.75, 3.05) is 14.2 Å². The summed E-state index contributed by atoms with van der Waals surface area (Å²) in [4.78, 5) is 0. The van der Waals surface area contributed by atoms with Gasteiger partial charge in [0.25, 0.3) is 0 Å². The van der Waals surface area contributed by atoms with Gasteiger partial charge in [-0.05, 0) is 25.6 Å². The fourth-order valence-corrected chi connectivity index (χ4v) is 2.00. The number of hydrogen-bond acceptors (Lipinski definition) is 3. The number of ether oxygens (including phenoxy) is 2. The van der Waals surface area contributed by atoms with Gasteiger partial charge in [-0.3, -0.25) is 0 Å². The van der Waals surface area contributed by atoms with Crippen molar-refractivity contribution in [3.63, 3.8) is 0 Å². The van der Waals surface area contributed by atoms with E-state index in [1.165, 1.54) is 5.56 Å². The molecule has 24 heavy (non-hydrogen) atoms. The van der Waals surface area contributed by atoms with Gasteiger partial charge >= 0.3 is 0 Å². The highest BCUT2D eigenvalue weighted by Gasteiger charge is 2.04. The van der Waals surface area contributed by atoms with Gasteiger partial charge in [-0.1, -0.05) is 49.7 Å². The largest absolute Gasteiger partial charge is 0.496 e. The monoisotopic (exact) mass is 369 g/mol. The number of methoxy groups -OCH3 is 1. The maximum Gasteiger partial charge on any atom is 0.127 e. The van der Waals surface area contributed by atoms with Gasteiger partial charge in [0.05, 0.1) is 7.11 Å². The highest BCUT2D eigenvalue weighted by Crippen LogP contribution is 2.25. The molecule has 0 spiro atoms. The van der Waals surface area contributed by atoms with Crippen LogP contribution in [0.3, 0.4) is 0 Å². The minimum absolute atomic E-state index is 0. The molecule has 0 aliphatic rings. The molecular formula is C19H33NO2P2. The van der Waals surface area contributed by atoms with Gasteiger partial charge in [0.15, 0.2) is 0 Å². The van der Waals surface area contributed by atoms with Gasteiger partial charge in [0.2, 0.25) is 0 Å². The van der Waals surface area contributed by atoms with Crippen molar-refractivity contribution in [3.05, 3.63) is 59.2 Å². The highest BCUT2D eigenvalue weighted by atomic mass is 31.0. The molecule has 2 atom stereocenters. The van der Waals surface area contributed by atoms with Crippen molar-refractivity contribution >= 4 is 19.8 Å². The Morgan fingerprint density at radius 3 is 2.12 bits per heavy atom. The third kappa shape index (κ3) is 8.11. The molecule has 0 bridgehead atoms. The lowest BCUT2D eigenvalue weighted by Gasteiger charge is -2.11. The van der Waals surface area contributed by atoms with Crippen LogP contribution in [0.25, 0.3) is 0 Å². The summed E-state index contributed by atoms with van der Waals surface area (Å²) < 4.78 is 11.2. The Hall–Kier alpha value is -1.14. The van der Waals surface area contributed by atoms with Crippen molar-refractivity contribution in [2.24, 2.45) is 0 Å².